The van der Waals surface area contributed by atoms with Gasteiger partial charge in [-0.05, 0) is 72.1 Å². The molecule has 12 heteroatoms. The van der Waals surface area contributed by atoms with Crippen molar-refractivity contribution in [1.29, 1.82) is 0 Å². The number of methoxy groups -OCH3 is 1. The minimum Gasteiger partial charge on any atom is -0.497 e. The van der Waals surface area contributed by atoms with Crippen molar-refractivity contribution in [3.63, 3.8) is 0 Å². The first-order chi connectivity index (χ1) is 22.4. The first kappa shape index (κ1) is 32.7. The van der Waals surface area contributed by atoms with Crippen LogP contribution in [0.3, 0.4) is 0 Å². The number of carbonyl (C=O) groups excluding carboxylic acids is 1. The largest absolute Gasteiger partial charge is 0.497 e. The number of para-hydroxylation sites is 1. The van der Waals surface area contributed by atoms with E-state index in [4.69, 9.17) is 9.72 Å². The van der Waals surface area contributed by atoms with Crippen LogP contribution in [0.4, 0.5) is 10.7 Å². The second-order valence-electron chi connectivity index (χ2n) is 11.0. The fourth-order valence-corrected chi connectivity index (χ4v) is 9.04. The van der Waals surface area contributed by atoms with Gasteiger partial charge in [-0.1, -0.05) is 48.5 Å². The minimum absolute atomic E-state index is 0. The van der Waals surface area contributed by atoms with Gasteiger partial charge >= 0.3 is 0 Å². The Morgan fingerprint density at radius 1 is 0.936 bits per heavy atom. The maximum Gasteiger partial charge on any atom is 0.261 e. The quantitative estimate of drug-likeness (QED) is 0.158. The fraction of sp³-hybridized carbons (Fsp3) is 0.143. The maximum absolute atomic E-state index is 13.7. The van der Waals surface area contributed by atoms with Crippen molar-refractivity contribution in [2.24, 2.45) is 0 Å². The molecule has 0 saturated carbocycles. The van der Waals surface area contributed by atoms with Crippen LogP contribution in [0, 0.1) is 0 Å². The molecule has 2 aromatic heterocycles. The number of halogens is 1. The molecule has 0 radical (unpaired) electrons. The Hall–Kier alpha value is -4.26. The molecule has 0 unspecified atom stereocenters. The molecule has 240 valence electrons. The van der Waals surface area contributed by atoms with E-state index in [0.29, 0.717) is 11.3 Å². The minimum atomic E-state index is -3.87. The van der Waals surface area contributed by atoms with Gasteiger partial charge in [0, 0.05) is 41.3 Å². The summed E-state index contributed by atoms with van der Waals surface area (Å²) in [4.78, 5) is 22.4. The summed E-state index contributed by atoms with van der Waals surface area (Å²) in [6.45, 7) is 2.54. The molecular formula is C35H31ClN4O4S3. The molecule has 0 aliphatic carbocycles. The van der Waals surface area contributed by atoms with Crippen LogP contribution < -0.4 is 14.8 Å². The van der Waals surface area contributed by atoms with Gasteiger partial charge in [-0.25, -0.2) is 13.4 Å². The summed E-state index contributed by atoms with van der Waals surface area (Å²) in [7, 11) is -2.35. The topological polar surface area (TPSA) is 101 Å². The Balaban J connectivity index is 0.00000386. The number of thiophene rings is 1. The van der Waals surface area contributed by atoms with Crippen LogP contribution in [0.15, 0.2) is 108 Å². The van der Waals surface area contributed by atoms with Gasteiger partial charge in [-0.2, -0.15) is 0 Å². The van der Waals surface area contributed by atoms with Gasteiger partial charge in [0.25, 0.3) is 15.9 Å². The van der Waals surface area contributed by atoms with E-state index < -0.39 is 10.0 Å². The van der Waals surface area contributed by atoms with Crippen molar-refractivity contribution in [3.8, 4) is 16.3 Å². The Morgan fingerprint density at radius 2 is 1.70 bits per heavy atom. The molecule has 3 heterocycles. The predicted octanol–water partition coefficient (Wildman–Crippen LogP) is 8.07. The van der Waals surface area contributed by atoms with Crippen LogP contribution in [0.2, 0.25) is 0 Å². The number of nitrogens with zero attached hydrogens (tertiary/aromatic N) is 2. The number of thiazole rings is 1. The van der Waals surface area contributed by atoms with Gasteiger partial charge in [-0.3, -0.25) is 14.4 Å². The number of amides is 1. The van der Waals surface area contributed by atoms with Gasteiger partial charge in [0.1, 0.15) is 15.8 Å². The summed E-state index contributed by atoms with van der Waals surface area (Å²) in [6, 6.07) is 31.1. The molecule has 7 rings (SSSR count). The molecule has 2 N–H and O–H groups in total. The van der Waals surface area contributed by atoms with Crippen molar-refractivity contribution in [1.82, 2.24) is 9.88 Å². The SMILES string of the molecule is COc1ccc(S(=O)(=O)Nc2cccc(C(=O)Nc3sc4c(c3-c3nc5ccccc5s3)CCN(Cc3ccccc3)C4)c2)cc1.Cl. The van der Waals surface area contributed by atoms with Crippen LogP contribution in [-0.2, 0) is 29.5 Å². The monoisotopic (exact) mass is 702 g/mol. The molecule has 0 atom stereocenters. The highest BCUT2D eigenvalue weighted by Crippen LogP contribution is 2.46. The van der Waals surface area contributed by atoms with Gasteiger partial charge in [0.05, 0.1) is 22.2 Å². The van der Waals surface area contributed by atoms with Crippen molar-refractivity contribution in [3.05, 3.63) is 125 Å². The van der Waals surface area contributed by atoms with Crippen molar-refractivity contribution >= 4 is 71.9 Å². The van der Waals surface area contributed by atoms with Crippen molar-refractivity contribution in [2.45, 2.75) is 24.4 Å². The number of rotatable bonds is 9. The van der Waals surface area contributed by atoms with E-state index in [2.05, 4.69) is 45.3 Å². The Kier molecular flexibility index (Phi) is 9.62. The van der Waals surface area contributed by atoms with E-state index >= 15 is 0 Å². The zero-order chi connectivity index (χ0) is 31.7. The molecular weight excluding hydrogens is 672 g/mol. The number of ether oxygens (including phenoxy) is 1. The molecule has 0 bridgehead atoms. The van der Waals surface area contributed by atoms with Crippen LogP contribution in [0.5, 0.6) is 5.75 Å². The van der Waals surface area contributed by atoms with E-state index in [-0.39, 0.29) is 28.9 Å². The average molecular weight is 703 g/mol. The Bertz CT molecular complexity index is 2120. The first-order valence-electron chi connectivity index (χ1n) is 14.7. The lowest BCUT2D eigenvalue weighted by Crippen LogP contribution is -2.29. The van der Waals surface area contributed by atoms with Crippen molar-refractivity contribution < 1.29 is 17.9 Å². The number of carbonyl (C=O) groups is 1. The number of hydrogen-bond donors (Lipinski definition) is 2. The van der Waals surface area contributed by atoms with Gasteiger partial charge in [0.2, 0.25) is 0 Å². The zero-order valence-corrected chi connectivity index (χ0v) is 28.6. The average Bonchev–Trinajstić information content (AvgIpc) is 3.65. The number of benzene rings is 4. The number of anilines is 2. The van der Waals surface area contributed by atoms with Crippen LogP contribution in [-0.4, -0.2) is 37.9 Å². The fourth-order valence-electron chi connectivity index (χ4n) is 5.59. The lowest BCUT2D eigenvalue weighted by atomic mass is 10.0. The molecule has 47 heavy (non-hydrogen) atoms. The number of fused-ring (bicyclic) bond motifs is 2. The van der Waals surface area contributed by atoms with E-state index in [0.717, 1.165) is 51.8 Å². The highest BCUT2D eigenvalue weighted by Gasteiger charge is 2.28. The normalized spacial score (nSPS) is 13.0. The number of hydrogen-bond acceptors (Lipinski definition) is 8. The van der Waals surface area contributed by atoms with Gasteiger partial charge in [-0.15, -0.1) is 35.1 Å². The first-order valence-corrected chi connectivity index (χ1v) is 17.8. The summed E-state index contributed by atoms with van der Waals surface area (Å²) < 4.78 is 34.9. The molecule has 0 fully saturated rings. The highest BCUT2D eigenvalue weighted by atomic mass is 35.5. The molecule has 8 nitrogen and oxygen atoms in total. The number of nitrogens with one attached hydrogen (secondary N) is 2. The molecule has 0 saturated heterocycles. The summed E-state index contributed by atoms with van der Waals surface area (Å²) in [6.07, 6.45) is 0.850. The third kappa shape index (κ3) is 7.04. The third-order valence-corrected chi connectivity index (χ3v) is 11.4. The van der Waals surface area contributed by atoms with Gasteiger partial charge in [0.15, 0.2) is 0 Å². The Morgan fingerprint density at radius 3 is 2.47 bits per heavy atom. The van der Waals surface area contributed by atoms with E-state index in [9.17, 15) is 13.2 Å². The lowest BCUT2D eigenvalue weighted by Gasteiger charge is -2.27. The predicted molar refractivity (Wildman–Crippen MR) is 193 cm³/mol. The second kappa shape index (κ2) is 13.8. The summed E-state index contributed by atoms with van der Waals surface area (Å²) in [5, 5.41) is 4.79. The van der Waals surface area contributed by atoms with Crippen molar-refractivity contribution in [2.75, 3.05) is 23.7 Å². The van der Waals surface area contributed by atoms with E-state index in [1.54, 1.807) is 59.1 Å². The Labute approximate surface area is 287 Å². The molecule has 1 amide bonds. The standard InChI is InChI=1S/C35H30N4O4S3.ClH/c1-43-26-14-16-27(17-15-26)46(41,42)38-25-11-7-10-24(20-25)33(40)37-35-32(34-36-29-12-5-6-13-30(29)44-34)28-18-19-39(22-31(28)45-35)21-23-8-3-2-4-9-23;/h2-17,20,38H,18-19,21-22H2,1H3,(H,37,40);1H. The summed E-state index contributed by atoms with van der Waals surface area (Å²) in [5.74, 6) is 0.231. The molecule has 0 spiro atoms. The van der Waals surface area contributed by atoms with E-state index in [1.165, 1.54) is 35.2 Å². The lowest BCUT2D eigenvalue weighted by molar-refractivity contribution is 0.102. The summed E-state index contributed by atoms with van der Waals surface area (Å²) in [5.41, 5.74) is 5.03. The van der Waals surface area contributed by atoms with Crippen LogP contribution >= 0.6 is 35.1 Å². The number of aromatic nitrogens is 1. The van der Waals surface area contributed by atoms with E-state index in [1.807, 2.05) is 24.3 Å². The second-order valence-corrected chi connectivity index (χ2v) is 14.8. The molecule has 1 aliphatic rings. The smallest absolute Gasteiger partial charge is 0.261 e. The number of sulfonamides is 1. The molecule has 1 aliphatic heterocycles. The zero-order valence-electron chi connectivity index (χ0n) is 25.3. The molecule has 4 aromatic carbocycles. The third-order valence-electron chi connectivity index (χ3n) is 7.87. The maximum atomic E-state index is 13.7. The summed E-state index contributed by atoms with van der Waals surface area (Å²) >= 11 is 3.21. The highest BCUT2D eigenvalue weighted by molar-refractivity contribution is 7.92. The van der Waals surface area contributed by atoms with Gasteiger partial charge < -0.3 is 10.1 Å². The van der Waals surface area contributed by atoms with Crippen LogP contribution in [0.25, 0.3) is 20.8 Å². The van der Waals surface area contributed by atoms with Crippen LogP contribution in [0.1, 0.15) is 26.4 Å². The molecule has 6 aromatic rings.